The molecule has 0 aliphatic carbocycles. The predicted molar refractivity (Wildman–Crippen MR) is 131 cm³/mol. The Balaban J connectivity index is 0.000000233. The van der Waals surface area contributed by atoms with Crippen LogP contribution in [0.2, 0.25) is 0 Å². The number of rotatable bonds is 11. The molecule has 0 saturated carbocycles. The summed E-state index contributed by atoms with van der Waals surface area (Å²) in [6.45, 7) is 3.04. The Morgan fingerprint density at radius 2 is 1.84 bits per heavy atom. The van der Waals surface area contributed by atoms with Crippen molar-refractivity contribution in [3.63, 3.8) is 0 Å². The summed E-state index contributed by atoms with van der Waals surface area (Å²) in [5, 5.41) is 30.3. The standard InChI is InChI=1S/C17H21N5O.C5H11O8P/c1-2-3-4-9-23-14-7-5-13(6-8-14)10-18-16-15-17(20-11-19-15)22-12-21-16;6-3-2(1-12-14(9,10)11)13-5(8)4(3)7/h5-8,11-12H,2-4,9-10H2,1H3,(H2,18,19,20,21,22);2-8H,1H2,(H2,9,10,11)/t;2-,3-,4-,5?/m.1/s1. The fourth-order valence-electron chi connectivity index (χ4n) is 3.37. The molecule has 3 heterocycles. The van der Waals surface area contributed by atoms with Crippen LogP contribution >= 0.6 is 7.82 Å². The molecule has 1 aliphatic heterocycles. The van der Waals surface area contributed by atoms with Crippen LogP contribution in [0.3, 0.4) is 0 Å². The molecule has 14 nitrogen and oxygen atoms in total. The maximum absolute atomic E-state index is 10.3. The van der Waals surface area contributed by atoms with E-state index in [4.69, 9.17) is 29.8 Å². The molecule has 1 aliphatic rings. The van der Waals surface area contributed by atoms with Crippen LogP contribution in [-0.2, 0) is 20.4 Å². The molecule has 1 saturated heterocycles. The van der Waals surface area contributed by atoms with Crippen molar-refractivity contribution in [3.05, 3.63) is 42.5 Å². The second kappa shape index (κ2) is 13.7. The summed E-state index contributed by atoms with van der Waals surface area (Å²) in [6.07, 6.45) is 0.991. The third-order valence-corrected chi connectivity index (χ3v) is 5.85. The maximum atomic E-state index is 10.3. The number of unbranched alkanes of at least 4 members (excludes halogenated alkanes) is 2. The summed E-state index contributed by atoms with van der Waals surface area (Å²) in [6, 6.07) is 8.14. The molecule has 4 rings (SSSR count). The van der Waals surface area contributed by atoms with Crippen molar-refractivity contribution < 1.29 is 43.7 Å². The van der Waals surface area contributed by atoms with Gasteiger partial charge in [0, 0.05) is 6.54 Å². The van der Waals surface area contributed by atoms with E-state index in [9.17, 15) is 4.57 Å². The van der Waals surface area contributed by atoms with Crippen molar-refractivity contribution >= 4 is 24.8 Å². The molecule has 0 amide bonds. The minimum absolute atomic E-state index is 0.612. The smallest absolute Gasteiger partial charge is 0.469 e. The zero-order valence-electron chi connectivity index (χ0n) is 20.2. The molecule has 3 aromatic rings. The van der Waals surface area contributed by atoms with E-state index in [1.54, 1.807) is 6.33 Å². The van der Waals surface area contributed by atoms with Crippen LogP contribution in [-0.4, -0.2) is 82.9 Å². The van der Waals surface area contributed by atoms with Crippen molar-refractivity contribution in [3.8, 4) is 5.75 Å². The molecule has 204 valence electrons. The molecule has 1 unspecified atom stereocenters. The molecule has 0 bridgehead atoms. The molecule has 1 aromatic carbocycles. The van der Waals surface area contributed by atoms with E-state index in [1.807, 2.05) is 12.1 Å². The first-order chi connectivity index (χ1) is 17.7. The zero-order chi connectivity index (χ0) is 26.8. The Morgan fingerprint density at radius 1 is 1.08 bits per heavy atom. The third-order valence-electron chi connectivity index (χ3n) is 5.37. The van der Waals surface area contributed by atoms with Gasteiger partial charge in [-0.25, -0.2) is 19.5 Å². The third kappa shape index (κ3) is 8.98. The number of fused-ring (bicyclic) bond motifs is 1. The highest BCUT2D eigenvalue weighted by molar-refractivity contribution is 7.46. The Labute approximate surface area is 212 Å². The lowest BCUT2D eigenvalue weighted by molar-refractivity contribution is -0.132. The molecule has 2 aromatic heterocycles. The van der Waals surface area contributed by atoms with Gasteiger partial charge in [0.2, 0.25) is 0 Å². The van der Waals surface area contributed by atoms with Gasteiger partial charge in [0.1, 0.15) is 35.9 Å². The van der Waals surface area contributed by atoms with Crippen LogP contribution in [0.15, 0.2) is 36.9 Å². The van der Waals surface area contributed by atoms with Gasteiger partial charge < -0.3 is 44.9 Å². The number of aliphatic hydroxyl groups is 3. The summed E-state index contributed by atoms with van der Waals surface area (Å²) in [5.41, 5.74) is 2.65. The second-order valence-electron chi connectivity index (χ2n) is 8.21. The molecule has 0 radical (unpaired) electrons. The van der Waals surface area contributed by atoms with Crippen LogP contribution in [0.4, 0.5) is 5.82 Å². The molecule has 15 heteroatoms. The summed E-state index contributed by atoms with van der Waals surface area (Å²) < 4.78 is 24.6. The van der Waals surface area contributed by atoms with Crippen molar-refractivity contribution in [1.82, 2.24) is 19.9 Å². The van der Waals surface area contributed by atoms with Gasteiger partial charge in [0.25, 0.3) is 0 Å². The van der Waals surface area contributed by atoms with Crippen molar-refractivity contribution in [2.24, 2.45) is 0 Å². The number of hydrogen-bond donors (Lipinski definition) is 7. The number of aliphatic hydroxyl groups excluding tert-OH is 3. The lowest BCUT2D eigenvalue weighted by Gasteiger charge is -2.14. The number of benzene rings is 1. The highest BCUT2D eigenvalue weighted by Gasteiger charge is 2.42. The van der Waals surface area contributed by atoms with Crippen LogP contribution in [0, 0.1) is 0 Å². The fraction of sp³-hybridized carbons (Fsp3) is 0.500. The number of hydrogen-bond acceptors (Lipinski definition) is 11. The SMILES string of the molecule is CCCCCOc1ccc(CNc2ncnc3nc[nH]c23)cc1.O=P(O)(O)OC[C@H]1OC(O)[C@H](O)[C@@H]1O. The van der Waals surface area contributed by atoms with E-state index in [2.05, 4.69) is 53.6 Å². The number of phosphoric acid groups is 1. The van der Waals surface area contributed by atoms with Crippen LogP contribution in [0.1, 0.15) is 31.7 Å². The predicted octanol–water partition coefficient (Wildman–Crippen LogP) is 1.07. The summed E-state index contributed by atoms with van der Waals surface area (Å²) in [7, 11) is -4.64. The molecular weight excluding hydrogens is 509 g/mol. The van der Waals surface area contributed by atoms with Crippen molar-refractivity contribution in [2.45, 2.75) is 57.3 Å². The number of nitrogens with zero attached hydrogens (tertiary/aromatic N) is 3. The Bertz CT molecular complexity index is 1140. The van der Waals surface area contributed by atoms with Gasteiger partial charge in [-0.3, -0.25) is 4.52 Å². The van der Waals surface area contributed by atoms with Gasteiger partial charge in [-0.05, 0) is 24.1 Å². The van der Waals surface area contributed by atoms with Crippen molar-refractivity contribution in [1.29, 1.82) is 0 Å². The van der Waals surface area contributed by atoms with E-state index >= 15 is 0 Å². The largest absolute Gasteiger partial charge is 0.494 e. The van der Waals surface area contributed by atoms with E-state index in [0.29, 0.717) is 12.2 Å². The maximum Gasteiger partial charge on any atom is 0.469 e. The van der Waals surface area contributed by atoms with Crippen molar-refractivity contribution in [2.75, 3.05) is 18.5 Å². The quantitative estimate of drug-likeness (QED) is 0.134. The molecule has 37 heavy (non-hydrogen) atoms. The zero-order valence-corrected chi connectivity index (χ0v) is 21.1. The number of nitrogens with one attached hydrogen (secondary N) is 2. The lowest BCUT2D eigenvalue weighted by Crippen LogP contribution is -2.34. The van der Waals surface area contributed by atoms with E-state index in [-0.39, 0.29) is 0 Å². The molecule has 7 N–H and O–H groups in total. The monoisotopic (exact) mass is 541 g/mol. The first-order valence-corrected chi connectivity index (χ1v) is 13.2. The molecule has 4 atom stereocenters. The van der Waals surface area contributed by atoms with Gasteiger partial charge in [-0.2, -0.15) is 0 Å². The topological polar surface area (TPSA) is 212 Å². The van der Waals surface area contributed by atoms with Gasteiger partial charge in [-0.15, -0.1) is 0 Å². The summed E-state index contributed by atoms with van der Waals surface area (Å²) in [5.74, 6) is 1.68. The highest BCUT2D eigenvalue weighted by Crippen LogP contribution is 2.37. The Morgan fingerprint density at radius 3 is 2.49 bits per heavy atom. The average Bonchev–Trinajstić information content (AvgIpc) is 3.45. The molecular formula is C22H32N5O9P. The normalized spacial score (nSPS) is 21.5. The number of anilines is 1. The number of H-pyrrole nitrogens is 1. The number of aromatic nitrogens is 4. The Kier molecular flexibility index (Phi) is 10.7. The van der Waals surface area contributed by atoms with E-state index < -0.39 is 39.0 Å². The van der Waals surface area contributed by atoms with E-state index in [0.717, 1.165) is 35.7 Å². The lowest BCUT2D eigenvalue weighted by atomic mass is 10.1. The number of aromatic amines is 1. The molecule has 1 fully saturated rings. The first-order valence-electron chi connectivity index (χ1n) is 11.7. The Hall–Kier alpha value is -2.68. The summed E-state index contributed by atoms with van der Waals surface area (Å²) >= 11 is 0. The number of phosphoric ester groups is 1. The van der Waals surface area contributed by atoms with Crippen LogP contribution < -0.4 is 10.1 Å². The summed E-state index contributed by atoms with van der Waals surface area (Å²) in [4.78, 5) is 32.2. The molecule has 0 spiro atoms. The minimum Gasteiger partial charge on any atom is -0.494 e. The van der Waals surface area contributed by atoms with Gasteiger partial charge in [0.05, 0.1) is 19.5 Å². The number of ether oxygens (including phenoxy) is 2. The first kappa shape index (κ1) is 28.9. The van der Waals surface area contributed by atoms with E-state index in [1.165, 1.54) is 19.2 Å². The van der Waals surface area contributed by atoms with Gasteiger partial charge in [0.15, 0.2) is 17.8 Å². The van der Waals surface area contributed by atoms with Gasteiger partial charge in [-0.1, -0.05) is 31.9 Å². The average molecular weight is 541 g/mol. The van der Waals surface area contributed by atoms with Crippen LogP contribution in [0.5, 0.6) is 5.75 Å². The number of imidazole rings is 1. The second-order valence-corrected chi connectivity index (χ2v) is 9.45. The van der Waals surface area contributed by atoms with Crippen LogP contribution in [0.25, 0.3) is 11.2 Å². The minimum atomic E-state index is -4.64. The van der Waals surface area contributed by atoms with Gasteiger partial charge >= 0.3 is 7.82 Å². The fourth-order valence-corrected chi connectivity index (χ4v) is 3.71. The highest BCUT2D eigenvalue weighted by atomic mass is 31.2.